The lowest BCUT2D eigenvalue weighted by Gasteiger charge is -2.14. The first kappa shape index (κ1) is 13.5. The molecule has 2 amide bonds. The highest BCUT2D eigenvalue weighted by molar-refractivity contribution is 6.34. The number of carbonyl (C=O) groups excluding carboxylic acids is 2. The first-order valence-electron chi connectivity index (χ1n) is 7.08. The molecule has 3 aromatic rings. The molecule has 0 bridgehead atoms. The Hall–Kier alpha value is -3.21. The van der Waals surface area contributed by atoms with Gasteiger partial charge in [0.05, 0.1) is 16.8 Å². The summed E-state index contributed by atoms with van der Waals surface area (Å²) < 4.78 is 5.19. The van der Waals surface area contributed by atoms with E-state index in [4.69, 9.17) is 4.42 Å². The predicted molar refractivity (Wildman–Crippen MR) is 84.8 cm³/mol. The molecule has 0 fully saturated rings. The molecule has 0 saturated carbocycles. The van der Waals surface area contributed by atoms with Crippen LogP contribution in [0.4, 0.5) is 5.69 Å². The van der Waals surface area contributed by atoms with Gasteiger partial charge >= 0.3 is 5.63 Å². The lowest BCUT2D eigenvalue weighted by atomic mass is 10.1. The van der Waals surface area contributed by atoms with E-state index < -0.39 is 5.63 Å². The molecule has 0 unspecified atom stereocenters. The number of hydrogen-bond donors (Lipinski definition) is 0. The molecule has 2 aromatic carbocycles. The molecule has 0 radical (unpaired) electrons. The molecule has 1 aromatic heterocycles. The van der Waals surface area contributed by atoms with Gasteiger partial charge in [0.15, 0.2) is 0 Å². The van der Waals surface area contributed by atoms with E-state index in [1.165, 1.54) is 6.07 Å². The molecule has 112 valence electrons. The van der Waals surface area contributed by atoms with Gasteiger partial charge in [-0.1, -0.05) is 12.1 Å². The highest BCUT2D eigenvalue weighted by Crippen LogP contribution is 2.30. The number of fused-ring (bicyclic) bond motifs is 2. The van der Waals surface area contributed by atoms with Crippen LogP contribution in [-0.2, 0) is 0 Å². The van der Waals surface area contributed by atoms with Gasteiger partial charge in [-0.15, -0.1) is 0 Å². The van der Waals surface area contributed by atoms with Gasteiger partial charge in [-0.3, -0.25) is 9.59 Å². The monoisotopic (exact) mass is 305 g/mol. The first-order chi connectivity index (χ1) is 11.1. The van der Waals surface area contributed by atoms with E-state index in [1.807, 2.05) is 0 Å². The number of anilines is 1. The van der Waals surface area contributed by atoms with Crippen molar-refractivity contribution in [3.63, 3.8) is 0 Å². The molecule has 23 heavy (non-hydrogen) atoms. The minimum absolute atomic E-state index is 0.351. The van der Waals surface area contributed by atoms with Crippen LogP contribution in [0.1, 0.15) is 26.3 Å². The smallest absolute Gasteiger partial charge is 0.336 e. The summed E-state index contributed by atoms with van der Waals surface area (Å²) in [5.41, 5.74) is 1.81. The number of imide groups is 1. The Balaban J connectivity index is 1.89. The van der Waals surface area contributed by atoms with Crippen LogP contribution in [0.5, 0.6) is 0 Å². The Labute approximate surface area is 130 Å². The van der Waals surface area contributed by atoms with Crippen molar-refractivity contribution in [2.75, 3.05) is 4.90 Å². The molecular formula is C18H11NO4. The van der Waals surface area contributed by atoms with E-state index in [1.54, 1.807) is 49.4 Å². The average molecular weight is 305 g/mol. The number of carbonyl (C=O) groups is 2. The number of nitrogens with zero attached hydrogens (tertiary/aromatic N) is 1. The highest BCUT2D eigenvalue weighted by atomic mass is 16.4. The molecule has 0 aliphatic carbocycles. The van der Waals surface area contributed by atoms with Crippen molar-refractivity contribution < 1.29 is 14.0 Å². The molecule has 0 saturated heterocycles. The molecule has 1 aliphatic heterocycles. The van der Waals surface area contributed by atoms with Gasteiger partial charge < -0.3 is 4.42 Å². The second-order valence-corrected chi connectivity index (χ2v) is 5.42. The number of hydrogen-bond acceptors (Lipinski definition) is 4. The summed E-state index contributed by atoms with van der Waals surface area (Å²) in [7, 11) is 0. The quantitative estimate of drug-likeness (QED) is 0.512. The normalized spacial score (nSPS) is 13.7. The van der Waals surface area contributed by atoms with Crippen molar-refractivity contribution in [3.05, 3.63) is 75.6 Å². The van der Waals surface area contributed by atoms with E-state index >= 15 is 0 Å². The zero-order valence-corrected chi connectivity index (χ0v) is 12.2. The fraction of sp³-hybridized carbons (Fsp3) is 0.0556. The van der Waals surface area contributed by atoms with Crippen LogP contribution in [0.3, 0.4) is 0 Å². The van der Waals surface area contributed by atoms with Crippen LogP contribution in [0.15, 0.2) is 57.7 Å². The van der Waals surface area contributed by atoms with Gasteiger partial charge in [-0.25, -0.2) is 9.69 Å². The zero-order valence-electron chi connectivity index (χ0n) is 12.2. The number of amides is 2. The van der Waals surface area contributed by atoms with Crippen molar-refractivity contribution in [1.82, 2.24) is 0 Å². The Morgan fingerprint density at radius 2 is 1.52 bits per heavy atom. The van der Waals surface area contributed by atoms with Crippen molar-refractivity contribution in [3.8, 4) is 0 Å². The summed E-state index contributed by atoms with van der Waals surface area (Å²) in [6, 6.07) is 13.1. The van der Waals surface area contributed by atoms with Crippen LogP contribution >= 0.6 is 0 Å². The van der Waals surface area contributed by atoms with Crippen molar-refractivity contribution in [2.24, 2.45) is 0 Å². The summed E-state index contributed by atoms with van der Waals surface area (Å²) in [4.78, 5) is 37.6. The van der Waals surface area contributed by atoms with Crippen LogP contribution in [0.2, 0.25) is 0 Å². The van der Waals surface area contributed by atoms with Crippen molar-refractivity contribution in [2.45, 2.75) is 6.92 Å². The maximum absolute atomic E-state index is 12.5. The predicted octanol–water partition coefficient (Wildman–Crippen LogP) is 2.90. The Bertz CT molecular complexity index is 1010. The number of aryl methyl sites for hydroxylation is 1. The number of rotatable bonds is 1. The Morgan fingerprint density at radius 1 is 0.870 bits per heavy atom. The van der Waals surface area contributed by atoms with Gasteiger partial charge in [0.2, 0.25) is 0 Å². The maximum atomic E-state index is 12.5. The molecule has 2 heterocycles. The first-order valence-corrected chi connectivity index (χ1v) is 7.08. The van der Waals surface area contributed by atoms with Gasteiger partial charge in [-0.05, 0) is 36.8 Å². The summed E-state index contributed by atoms with van der Waals surface area (Å²) in [6.45, 7) is 1.81. The summed E-state index contributed by atoms with van der Waals surface area (Å²) in [6.07, 6.45) is 0. The molecule has 5 heteroatoms. The van der Waals surface area contributed by atoms with E-state index in [0.29, 0.717) is 22.4 Å². The van der Waals surface area contributed by atoms with Crippen molar-refractivity contribution >= 4 is 28.5 Å². The molecule has 0 atom stereocenters. The van der Waals surface area contributed by atoms with Crippen LogP contribution in [0, 0.1) is 6.92 Å². The van der Waals surface area contributed by atoms with E-state index in [0.717, 1.165) is 15.8 Å². The van der Waals surface area contributed by atoms with Crippen LogP contribution in [0.25, 0.3) is 11.0 Å². The minimum Gasteiger partial charge on any atom is -0.423 e. The Morgan fingerprint density at radius 3 is 2.17 bits per heavy atom. The van der Waals surface area contributed by atoms with Gasteiger partial charge in [0.1, 0.15) is 5.58 Å². The van der Waals surface area contributed by atoms with Gasteiger partial charge in [0, 0.05) is 17.5 Å². The molecule has 0 spiro atoms. The Kier molecular flexibility index (Phi) is 2.72. The number of benzene rings is 2. The minimum atomic E-state index is -0.463. The largest absolute Gasteiger partial charge is 0.423 e. The fourth-order valence-electron chi connectivity index (χ4n) is 2.88. The SMILES string of the molecule is Cc1cc(=O)oc2cc(N3C(=O)c4ccccc4C3=O)ccc12. The topological polar surface area (TPSA) is 67.6 Å². The van der Waals surface area contributed by atoms with Crippen LogP contribution in [-0.4, -0.2) is 11.8 Å². The third kappa shape index (κ3) is 1.90. The standard InChI is InChI=1S/C18H11NO4/c1-10-8-16(20)23-15-9-11(6-7-12(10)15)19-17(21)13-4-2-3-5-14(13)18(19)22/h2-9H,1H3. The second kappa shape index (κ2) is 4.64. The molecule has 1 aliphatic rings. The highest BCUT2D eigenvalue weighted by Gasteiger charge is 2.36. The lowest BCUT2D eigenvalue weighted by molar-refractivity contribution is 0.0926. The third-order valence-corrected chi connectivity index (χ3v) is 3.99. The molecule has 4 rings (SSSR count). The average Bonchev–Trinajstić information content (AvgIpc) is 2.78. The maximum Gasteiger partial charge on any atom is 0.336 e. The lowest BCUT2D eigenvalue weighted by Crippen LogP contribution is -2.29. The summed E-state index contributed by atoms with van der Waals surface area (Å²) in [5.74, 6) is -0.750. The van der Waals surface area contributed by atoms with Crippen LogP contribution < -0.4 is 10.5 Å². The van der Waals surface area contributed by atoms with Gasteiger partial charge in [0.25, 0.3) is 11.8 Å². The summed E-state index contributed by atoms with van der Waals surface area (Å²) >= 11 is 0. The van der Waals surface area contributed by atoms with Gasteiger partial charge in [-0.2, -0.15) is 0 Å². The third-order valence-electron chi connectivity index (χ3n) is 3.99. The molecular weight excluding hydrogens is 294 g/mol. The van der Waals surface area contributed by atoms with E-state index in [9.17, 15) is 14.4 Å². The second-order valence-electron chi connectivity index (χ2n) is 5.42. The summed E-state index contributed by atoms with van der Waals surface area (Å²) in [5, 5.41) is 0.768. The fourth-order valence-corrected chi connectivity index (χ4v) is 2.88. The molecule has 5 nitrogen and oxygen atoms in total. The van der Waals surface area contributed by atoms with E-state index in [-0.39, 0.29) is 11.8 Å². The zero-order chi connectivity index (χ0) is 16.1. The van der Waals surface area contributed by atoms with E-state index in [2.05, 4.69) is 0 Å². The molecule has 0 N–H and O–H groups in total. The van der Waals surface area contributed by atoms with Crippen molar-refractivity contribution in [1.29, 1.82) is 0 Å².